The molecule has 1 aromatic heterocycles. The van der Waals surface area contributed by atoms with Crippen molar-refractivity contribution < 1.29 is 38.9 Å². The molecule has 0 bridgehead atoms. The summed E-state index contributed by atoms with van der Waals surface area (Å²) >= 11 is 0. The van der Waals surface area contributed by atoms with Crippen LogP contribution in [0.5, 0.6) is 5.75 Å². The Hall–Kier alpha value is -3.34. The Bertz CT molecular complexity index is 1230. The van der Waals surface area contributed by atoms with Crippen molar-refractivity contribution in [1.82, 2.24) is 4.90 Å². The molecule has 5 N–H and O–H groups in total. The molecule has 1 fully saturated rings. The molecule has 1 heterocycles. The van der Waals surface area contributed by atoms with E-state index in [0.717, 1.165) is 0 Å². The van der Waals surface area contributed by atoms with Gasteiger partial charge in [-0.1, -0.05) is 0 Å². The van der Waals surface area contributed by atoms with Gasteiger partial charge in [-0.05, 0) is 69.1 Å². The number of phenolic OH excluding ortho intramolecular Hbond substituents is 1. The van der Waals surface area contributed by atoms with Crippen LogP contribution >= 0.6 is 0 Å². The van der Waals surface area contributed by atoms with E-state index in [2.05, 4.69) is 0 Å². The number of nitrogens with two attached hydrogens (primary N) is 1. The number of phenols is 1. The van der Waals surface area contributed by atoms with E-state index in [9.17, 15) is 34.5 Å². The van der Waals surface area contributed by atoms with Crippen molar-refractivity contribution >= 4 is 23.3 Å². The monoisotopic (exact) mass is 498 g/mol. The zero-order valence-electron chi connectivity index (χ0n) is 20.2. The summed E-state index contributed by atoms with van der Waals surface area (Å²) in [5.41, 5.74) is 3.59. The van der Waals surface area contributed by atoms with E-state index in [1.807, 2.05) is 25.1 Å². The van der Waals surface area contributed by atoms with E-state index in [4.69, 9.17) is 10.2 Å². The predicted octanol–water partition coefficient (Wildman–Crippen LogP) is 0.832. The first-order valence-corrected chi connectivity index (χ1v) is 11.8. The van der Waals surface area contributed by atoms with E-state index in [1.165, 1.54) is 6.07 Å². The van der Waals surface area contributed by atoms with Gasteiger partial charge in [-0.3, -0.25) is 19.2 Å². The molecule has 36 heavy (non-hydrogen) atoms. The van der Waals surface area contributed by atoms with E-state index in [-0.39, 0.29) is 30.6 Å². The zero-order chi connectivity index (χ0) is 26.4. The van der Waals surface area contributed by atoms with Crippen molar-refractivity contribution in [3.63, 3.8) is 0 Å². The van der Waals surface area contributed by atoms with Crippen LogP contribution in [-0.2, 0) is 27.3 Å². The summed E-state index contributed by atoms with van der Waals surface area (Å²) in [6, 6.07) is 6.62. The molecule has 1 aromatic carbocycles. The molecular weight excluding hydrogens is 468 g/mol. The lowest BCUT2D eigenvalue weighted by Gasteiger charge is -2.46. The molecule has 4 atom stereocenters. The number of fused-ring (bicyclic) bond motifs is 2. The number of nitrogens with zero attached hydrogens (tertiary/aromatic N) is 1. The maximum absolute atomic E-state index is 13.6. The van der Waals surface area contributed by atoms with Gasteiger partial charge < -0.3 is 30.4 Å². The second-order valence-corrected chi connectivity index (χ2v) is 9.94. The Morgan fingerprint density at radius 1 is 1.19 bits per heavy atom. The maximum atomic E-state index is 13.6. The second-order valence-electron chi connectivity index (χ2n) is 9.94. The van der Waals surface area contributed by atoms with Crippen LogP contribution in [0.2, 0.25) is 0 Å². The average Bonchev–Trinajstić information content (AvgIpc) is 3.24. The number of hydrogen-bond acceptors (Lipinski definition) is 9. The SMILES string of the molecule is CN(C)Cc1ccc(-c2ccc(O)c3c2C[C@H]2C[C@@H](CCO)[C@@](O)(C(=O)CC(N)=O)C(=O)C2C3=O)o1. The van der Waals surface area contributed by atoms with Gasteiger partial charge in [0.15, 0.2) is 23.0 Å². The quantitative estimate of drug-likeness (QED) is 0.385. The molecule has 10 nitrogen and oxygen atoms in total. The number of benzene rings is 1. The number of Topliss-reactive ketones (excluding diaryl/α,β-unsaturated/α-hetero) is 3. The summed E-state index contributed by atoms with van der Waals surface area (Å²) in [7, 11) is 3.81. The molecule has 1 amide bonds. The van der Waals surface area contributed by atoms with Crippen LogP contribution in [0.4, 0.5) is 0 Å². The lowest BCUT2D eigenvalue weighted by molar-refractivity contribution is -0.167. The fraction of sp³-hybridized carbons (Fsp3) is 0.462. The van der Waals surface area contributed by atoms with Crippen molar-refractivity contribution in [2.75, 3.05) is 20.7 Å². The molecule has 2 aliphatic rings. The van der Waals surface area contributed by atoms with Gasteiger partial charge in [0.1, 0.15) is 17.3 Å². The fourth-order valence-electron chi connectivity index (χ4n) is 5.69. The number of carbonyl (C=O) groups is 4. The van der Waals surface area contributed by atoms with Crippen molar-refractivity contribution in [2.45, 2.75) is 37.8 Å². The lowest BCUT2D eigenvalue weighted by atomic mass is 9.57. The van der Waals surface area contributed by atoms with Crippen LogP contribution < -0.4 is 5.73 Å². The van der Waals surface area contributed by atoms with E-state index in [0.29, 0.717) is 29.2 Å². The summed E-state index contributed by atoms with van der Waals surface area (Å²) in [5, 5.41) is 31.4. The number of furan rings is 1. The average molecular weight is 499 g/mol. The van der Waals surface area contributed by atoms with E-state index in [1.54, 1.807) is 12.1 Å². The topological polar surface area (TPSA) is 171 Å². The number of amides is 1. The molecule has 2 aromatic rings. The van der Waals surface area contributed by atoms with Gasteiger partial charge in [0, 0.05) is 18.1 Å². The third-order valence-electron chi connectivity index (χ3n) is 7.23. The first kappa shape index (κ1) is 25.7. The minimum atomic E-state index is -2.62. The zero-order valence-corrected chi connectivity index (χ0v) is 20.2. The Morgan fingerprint density at radius 2 is 1.92 bits per heavy atom. The molecule has 2 aliphatic carbocycles. The summed E-state index contributed by atoms with van der Waals surface area (Å²) in [6.45, 7) is 0.165. The van der Waals surface area contributed by atoms with E-state index < -0.39 is 59.6 Å². The smallest absolute Gasteiger partial charge is 0.225 e. The van der Waals surface area contributed by atoms with Crippen molar-refractivity contribution in [3.05, 3.63) is 41.2 Å². The van der Waals surface area contributed by atoms with Gasteiger partial charge in [0.2, 0.25) is 5.91 Å². The number of ketones is 3. The number of hydrogen-bond donors (Lipinski definition) is 4. The number of aliphatic hydroxyl groups excluding tert-OH is 1. The molecule has 0 radical (unpaired) electrons. The molecule has 10 heteroatoms. The lowest BCUT2D eigenvalue weighted by Crippen LogP contribution is -2.63. The highest BCUT2D eigenvalue weighted by molar-refractivity contribution is 6.24. The van der Waals surface area contributed by atoms with Crippen LogP contribution in [0, 0.1) is 17.8 Å². The number of primary amides is 1. The highest BCUT2D eigenvalue weighted by atomic mass is 16.3. The molecule has 0 saturated heterocycles. The van der Waals surface area contributed by atoms with Gasteiger partial charge in [0.05, 0.1) is 24.4 Å². The Morgan fingerprint density at radius 3 is 2.56 bits per heavy atom. The molecular formula is C26H30N2O8. The second kappa shape index (κ2) is 9.61. The number of rotatable bonds is 8. The summed E-state index contributed by atoms with van der Waals surface area (Å²) in [4.78, 5) is 53.3. The van der Waals surface area contributed by atoms with Gasteiger partial charge in [0.25, 0.3) is 0 Å². The van der Waals surface area contributed by atoms with Gasteiger partial charge in [-0.2, -0.15) is 0 Å². The van der Waals surface area contributed by atoms with Crippen molar-refractivity contribution in [1.29, 1.82) is 0 Å². The van der Waals surface area contributed by atoms with Crippen LogP contribution in [0.25, 0.3) is 11.3 Å². The van der Waals surface area contributed by atoms with Gasteiger partial charge in [-0.25, -0.2) is 0 Å². The molecule has 0 aliphatic heterocycles. The molecule has 192 valence electrons. The summed E-state index contributed by atoms with van der Waals surface area (Å²) in [6.07, 6.45) is -0.638. The molecule has 0 spiro atoms. The molecule has 1 unspecified atom stereocenters. The summed E-state index contributed by atoms with van der Waals surface area (Å²) in [5.74, 6) is -5.85. The Balaban J connectivity index is 1.78. The number of aliphatic hydroxyl groups is 2. The van der Waals surface area contributed by atoms with Crippen LogP contribution in [0.15, 0.2) is 28.7 Å². The van der Waals surface area contributed by atoms with Crippen molar-refractivity contribution in [2.24, 2.45) is 23.5 Å². The minimum Gasteiger partial charge on any atom is -0.507 e. The van der Waals surface area contributed by atoms with Gasteiger partial charge >= 0.3 is 0 Å². The van der Waals surface area contributed by atoms with Crippen molar-refractivity contribution in [3.8, 4) is 17.1 Å². The standard InChI is InChI=1S/C26H30N2O8/c1-28(2)12-15-3-6-19(36-15)16-4-5-18(30)23-17(16)10-13-9-14(7-8-29)26(35,20(31)11-21(27)32)25(34)22(13)24(23)33/h3-6,13-14,22,29-30,35H,7-12H2,1-2H3,(H2,27,32)/t13-,14-,22?,26-/m1/s1. The van der Waals surface area contributed by atoms with Crippen LogP contribution in [0.1, 0.15) is 40.9 Å². The fourth-order valence-corrected chi connectivity index (χ4v) is 5.69. The Kier molecular flexibility index (Phi) is 6.87. The first-order chi connectivity index (χ1) is 17.0. The summed E-state index contributed by atoms with van der Waals surface area (Å²) < 4.78 is 5.98. The predicted molar refractivity (Wildman–Crippen MR) is 127 cm³/mol. The highest BCUT2D eigenvalue weighted by Crippen LogP contribution is 2.49. The third kappa shape index (κ3) is 4.25. The minimum absolute atomic E-state index is 0.0435. The van der Waals surface area contributed by atoms with Gasteiger partial charge in [-0.15, -0.1) is 0 Å². The van der Waals surface area contributed by atoms with E-state index >= 15 is 0 Å². The largest absolute Gasteiger partial charge is 0.507 e. The first-order valence-electron chi connectivity index (χ1n) is 11.8. The molecule has 4 rings (SSSR count). The van der Waals surface area contributed by atoms with Crippen LogP contribution in [-0.4, -0.2) is 69.8 Å². The third-order valence-corrected chi connectivity index (χ3v) is 7.23. The van der Waals surface area contributed by atoms with Crippen LogP contribution in [0.3, 0.4) is 0 Å². The maximum Gasteiger partial charge on any atom is 0.225 e. The Labute approximate surface area is 207 Å². The molecule has 1 saturated carbocycles. The number of aromatic hydroxyl groups is 1. The normalized spacial score (nSPS) is 25.5. The highest BCUT2D eigenvalue weighted by Gasteiger charge is 2.60. The number of carbonyl (C=O) groups excluding carboxylic acids is 4.